The Morgan fingerprint density at radius 2 is 1.91 bits per heavy atom. The number of rotatable bonds is 5. The summed E-state index contributed by atoms with van der Waals surface area (Å²) in [7, 11) is 0. The van der Waals surface area contributed by atoms with Crippen LogP contribution in [-0.4, -0.2) is 63.5 Å². The summed E-state index contributed by atoms with van der Waals surface area (Å²) >= 11 is 1.44. The molecule has 4 amide bonds. The lowest BCUT2D eigenvalue weighted by molar-refractivity contribution is -0.385. The van der Waals surface area contributed by atoms with E-state index in [-0.39, 0.29) is 23.1 Å². The van der Waals surface area contributed by atoms with Gasteiger partial charge in [0.05, 0.1) is 10.5 Å². The number of hydrogen-bond acceptors (Lipinski definition) is 7. The summed E-state index contributed by atoms with van der Waals surface area (Å²) in [6.07, 6.45) is 1.09. The average Bonchev–Trinajstić information content (AvgIpc) is 3.41. The van der Waals surface area contributed by atoms with E-state index < -0.39 is 34.4 Å². The number of amides is 4. The van der Waals surface area contributed by atoms with Gasteiger partial charge in [0.2, 0.25) is 5.91 Å². The van der Waals surface area contributed by atoms with Crippen LogP contribution in [0.1, 0.15) is 50.8 Å². The highest BCUT2D eigenvalue weighted by atomic mass is 32.1. The maximum atomic E-state index is 13.0. The van der Waals surface area contributed by atoms with Gasteiger partial charge in [-0.2, -0.15) is 11.3 Å². The Balaban J connectivity index is 1.41. The van der Waals surface area contributed by atoms with Crippen LogP contribution in [0.15, 0.2) is 35.0 Å². The van der Waals surface area contributed by atoms with E-state index >= 15 is 0 Å². The Labute approximate surface area is 187 Å². The Morgan fingerprint density at radius 1 is 1.19 bits per heavy atom. The molecule has 32 heavy (non-hydrogen) atoms. The topological polar surface area (TPSA) is 130 Å². The van der Waals surface area contributed by atoms with Gasteiger partial charge >= 0.3 is 0 Å². The van der Waals surface area contributed by atoms with Crippen LogP contribution < -0.4 is 5.32 Å². The van der Waals surface area contributed by atoms with E-state index in [0.717, 1.165) is 11.0 Å². The van der Waals surface area contributed by atoms with Crippen LogP contribution >= 0.6 is 11.3 Å². The Hall–Kier alpha value is -3.60. The number of hydrogen-bond donors (Lipinski definition) is 1. The van der Waals surface area contributed by atoms with Gasteiger partial charge in [0, 0.05) is 36.1 Å². The zero-order valence-corrected chi connectivity index (χ0v) is 18.0. The molecular weight excluding hydrogens is 436 g/mol. The van der Waals surface area contributed by atoms with Gasteiger partial charge in [0.1, 0.15) is 11.6 Å². The van der Waals surface area contributed by atoms with Crippen molar-refractivity contribution in [1.29, 1.82) is 0 Å². The van der Waals surface area contributed by atoms with E-state index in [9.17, 15) is 29.3 Å². The van der Waals surface area contributed by atoms with Crippen molar-refractivity contribution in [2.75, 3.05) is 13.1 Å². The highest BCUT2D eigenvalue weighted by molar-refractivity contribution is 7.08. The number of imide groups is 1. The molecule has 1 atom stereocenters. The van der Waals surface area contributed by atoms with E-state index in [1.54, 1.807) is 16.3 Å². The van der Waals surface area contributed by atoms with Crippen LogP contribution in [0.3, 0.4) is 0 Å². The van der Waals surface area contributed by atoms with Crippen LogP contribution in [0.5, 0.6) is 0 Å². The Morgan fingerprint density at radius 3 is 2.53 bits per heavy atom. The third-order valence-electron chi connectivity index (χ3n) is 5.79. The van der Waals surface area contributed by atoms with E-state index in [0.29, 0.717) is 31.5 Å². The van der Waals surface area contributed by atoms with E-state index in [4.69, 9.17) is 0 Å². The number of nitro groups is 1. The fourth-order valence-electron chi connectivity index (χ4n) is 4.07. The number of carbonyl (C=O) groups is 4. The summed E-state index contributed by atoms with van der Waals surface area (Å²) in [5.74, 6) is -2.12. The number of fused-ring (bicyclic) bond motifs is 1. The highest BCUT2D eigenvalue weighted by Gasteiger charge is 2.45. The van der Waals surface area contributed by atoms with Crippen LogP contribution in [0, 0.1) is 10.1 Å². The van der Waals surface area contributed by atoms with E-state index in [2.05, 4.69) is 5.32 Å². The standard InChI is InChI=1S/C21H20N4O6S/c1-12(24-20(28)15-3-2-4-16(25(30)31)17(15)21(24)29)19(27)23-8-5-14(6-9-23)22-18(26)13-7-10-32-11-13/h2-4,7,10-12,14H,5-6,8-9H2,1H3,(H,22,26). The molecule has 0 spiro atoms. The SMILES string of the molecule is CC(C(=O)N1CCC(NC(=O)c2ccsc2)CC1)N1C(=O)c2cccc([N+](=O)[O-])c2C1=O. The number of benzene rings is 1. The molecule has 2 aromatic rings. The highest BCUT2D eigenvalue weighted by Crippen LogP contribution is 2.32. The monoisotopic (exact) mass is 456 g/mol. The molecule has 1 fully saturated rings. The first-order chi connectivity index (χ1) is 15.3. The molecule has 2 aliphatic heterocycles. The molecule has 1 N–H and O–H groups in total. The number of piperidine rings is 1. The largest absolute Gasteiger partial charge is 0.349 e. The fourth-order valence-corrected chi connectivity index (χ4v) is 4.71. The van der Waals surface area contributed by atoms with Crippen molar-refractivity contribution in [1.82, 2.24) is 15.1 Å². The number of carbonyl (C=O) groups excluding carboxylic acids is 4. The molecule has 1 aromatic heterocycles. The third kappa shape index (κ3) is 3.75. The summed E-state index contributed by atoms with van der Waals surface area (Å²) in [6, 6.07) is 4.42. The third-order valence-corrected chi connectivity index (χ3v) is 6.47. The Kier molecular flexibility index (Phi) is 5.74. The molecule has 2 aliphatic rings. The lowest BCUT2D eigenvalue weighted by atomic mass is 10.0. The molecule has 0 aliphatic carbocycles. The zero-order chi connectivity index (χ0) is 23.0. The van der Waals surface area contributed by atoms with Gasteiger partial charge in [0.15, 0.2) is 0 Å². The lowest BCUT2D eigenvalue weighted by Gasteiger charge is -2.35. The zero-order valence-electron chi connectivity index (χ0n) is 17.1. The lowest BCUT2D eigenvalue weighted by Crippen LogP contribution is -2.53. The van der Waals surface area contributed by atoms with E-state index in [1.807, 2.05) is 5.38 Å². The molecule has 3 heterocycles. The van der Waals surface area contributed by atoms with Crippen LogP contribution in [0.4, 0.5) is 5.69 Å². The first-order valence-electron chi connectivity index (χ1n) is 10.1. The van der Waals surface area contributed by atoms with Crippen molar-refractivity contribution in [3.8, 4) is 0 Å². The van der Waals surface area contributed by atoms with Crippen LogP contribution in [0.2, 0.25) is 0 Å². The molecule has 4 rings (SSSR count). The molecule has 11 heteroatoms. The molecule has 0 radical (unpaired) electrons. The van der Waals surface area contributed by atoms with Crippen molar-refractivity contribution < 1.29 is 24.1 Å². The second-order valence-corrected chi connectivity index (χ2v) is 8.48. The smallest absolute Gasteiger partial charge is 0.282 e. The van der Waals surface area contributed by atoms with Crippen molar-refractivity contribution in [2.45, 2.75) is 31.8 Å². The molecular formula is C21H20N4O6S. The minimum absolute atomic E-state index is 0.0706. The van der Waals surface area contributed by atoms with E-state index in [1.165, 1.54) is 30.4 Å². The van der Waals surface area contributed by atoms with Crippen molar-refractivity contribution in [2.24, 2.45) is 0 Å². The number of nitrogens with one attached hydrogen (secondary N) is 1. The summed E-state index contributed by atoms with van der Waals surface area (Å²) < 4.78 is 0. The average molecular weight is 456 g/mol. The Bertz CT molecular complexity index is 1110. The maximum absolute atomic E-state index is 13.0. The van der Waals surface area contributed by atoms with Crippen molar-refractivity contribution in [3.63, 3.8) is 0 Å². The second kappa shape index (κ2) is 8.50. The van der Waals surface area contributed by atoms with Gasteiger partial charge in [-0.1, -0.05) is 6.07 Å². The molecule has 1 unspecified atom stereocenters. The quantitative estimate of drug-likeness (QED) is 0.416. The second-order valence-electron chi connectivity index (χ2n) is 7.70. The van der Waals surface area contributed by atoms with Crippen molar-refractivity contribution in [3.05, 3.63) is 61.8 Å². The maximum Gasteiger partial charge on any atom is 0.282 e. The molecule has 0 bridgehead atoms. The van der Waals surface area contributed by atoms with Gasteiger partial charge in [-0.25, -0.2) is 0 Å². The van der Waals surface area contributed by atoms with Gasteiger partial charge < -0.3 is 10.2 Å². The van der Waals surface area contributed by atoms with Gasteiger partial charge in [-0.15, -0.1) is 0 Å². The van der Waals surface area contributed by atoms with Gasteiger partial charge in [0.25, 0.3) is 23.4 Å². The van der Waals surface area contributed by atoms with Crippen LogP contribution in [-0.2, 0) is 4.79 Å². The van der Waals surface area contributed by atoms with Gasteiger partial charge in [-0.05, 0) is 37.3 Å². The number of nitro benzene ring substituents is 1. The van der Waals surface area contributed by atoms with Crippen LogP contribution in [0.25, 0.3) is 0 Å². The van der Waals surface area contributed by atoms with Gasteiger partial charge in [-0.3, -0.25) is 34.2 Å². The first kappa shape index (κ1) is 21.6. The number of thiophene rings is 1. The summed E-state index contributed by atoms with van der Waals surface area (Å²) in [5.41, 5.74) is -0.206. The fraction of sp³-hybridized carbons (Fsp3) is 0.333. The summed E-state index contributed by atoms with van der Waals surface area (Å²) in [6.45, 7) is 2.17. The molecule has 10 nitrogen and oxygen atoms in total. The summed E-state index contributed by atoms with van der Waals surface area (Å²) in [4.78, 5) is 63.7. The first-order valence-corrected chi connectivity index (χ1v) is 11.0. The molecule has 1 saturated heterocycles. The van der Waals surface area contributed by atoms with Crippen molar-refractivity contribution >= 4 is 40.7 Å². The predicted octanol–water partition coefficient (Wildman–Crippen LogP) is 2.06. The number of likely N-dealkylation sites (tertiary alicyclic amines) is 1. The minimum atomic E-state index is -1.10. The minimum Gasteiger partial charge on any atom is -0.349 e. The normalized spacial score (nSPS) is 17.3. The molecule has 0 saturated carbocycles. The predicted molar refractivity (Wildman–Crippen MR) is 114 cm³/mol. The molecule has 1 aromatic carbocycles. The number of nitrogens with zero attached hydrogens (tertiary/aromatic N) is 3. The molecule has 166 valence electrons. The summed E-state index contributed by atoms with van der Waals surface area (Å²) in [5, 5.41) is 17.8.